The molecule has 8 heteroatoms. The average Bonchev–Trinajstić information content (AvgIpc) is 3.57. The van der Waals surface area contributed by atoms with Crippen LogP contribution in [0.2, 0.25) is 5.02 Å². The Bertz CT molecular complexity index is 1150. The number of nitrogens with one attached hydrogen (secondary N) is 1. The summed E-state index contributed by atoms with van der Waals surface area (Å²) in [7, 11) is 0. The summed E-state index contributed by atoms with van der Waals surface area (Å²) in [5.74, 6) is 0.330. The number of aromatic nitrogens is 4. The van der Waals surface area contributed by atoms with Gasteiger partial charge < -0.3 is 5.32 Å². The molecule has 0 amide bonds. The van der Waals surface area contributed by atoms with E-state index in [2.05, 4.69) is 26.7 Å². The van der Waals surface area contributed by atoms with E-state index in [0.717, 1.165) is 24.1 Å². The lowest BCUT2D eigenvalue weighted by atomic mass is 9.88. The van der Waals surface area contributed by atoms with E-state index in [0.29, 0.717) is 41.2 Å². The molecule has 4 atom stereocenters. The summed E-state index contributed by atoms with van der Waals surface area (Å²) < 4.78 is 1.68. The lowest BCUT2D eigenvalue weighted by Gasteiger charge is -2.22. The maximum atomic E-state index is 12.7. The highest BCUT2D eigenvalue weighted by Gasteiger charge is 2.42. The van der Waals surface area contributed by atoms with Gasteiger partial charge in [0, 0.05) is 18.7 Å². The molecule has 2 fully saturated rings. The molecule has 2 bridgehead atoms. The molecule has 2 aliphatic rings. The fraction of sp³-hybridized carbons (Fsp3) is 0.375. The van der Waals surface area contributed by atoms with E-state index in [-0.39, 0.29) is 17.7 Å². The molecule has 2 aromatic heterocycles. The number of hydrogen-bond acceptors (Lipinski definition) is 6. The zero-order chi connectivity index (χ0) is 22.1. The third-order valence-electron chi connectivity index (χ3n) is 6.50. The molecule has 1 N–H and O–H groups in total. The first kappa shape index (κ1) is 20.8. The molecule has 0 unspecified atom stereocenters. The minimum absolute atomic E-state index is 0.0522. The van der Waals surface area contributed by atoms with Crippen LogP contribution in [-0.4, -0.2) is 37.8 Å². The summed E-state index contributed by atoms with van der Waals surface area (Å²) in [6, 6.07) is 14.2. The van der Waals surface area contributed by atoms with Crippen LogP contribution in [0.3, 0.4) is 0 Å². The van der Waals surface area contributed by atoms with Crippen molar-refractivity contribution in [2.75, 3.05) is 0 Å². The van der Waals surface area contributed by atoms with Gasteiger partial charge in [0.15, 0.2) is 5.78 Å². The van der Waals surface area contributed by atoms with Gasteiger partial charge in [-0.25, -0.2) is 4.68 Å². The fourth-order valence-corrected chi connectivity index (χ4v) is 4.97. The van der Waals surface area contributed by atoms with Crippen LogP contribution in [0.5, 0.6) is 0 Å². The van der Waals surface area contributed by atoms with Gasteiger partial charge in [-0.2, -0.15) is 5.26 Å². The highest BCUT2D eigenvalue weighted by molar-refractivity contribution is 6.30. The topological polar surface area (TPSA) is 96.5 Å². The molecule has 3 aromatic rings. The Balaban J connectivity index is 1.22. The van der Waals surface area contributed by atoms with Gasteiger partial charge in [0.1, 0.15) is 5.69 Å². The van der Waals surface area contributed by atoms with Gasteiger partial charge >= 0.3 is 0 Å². The maximum Gasteiger partial charge on any atom is 0.151 e. The van der Waals surface area contributed by atoms with Gasteiger partial charge in [-0.1, -0.05) is 28.9 Å². The Morgan fingerprint density at radius 3 is 2.72 bits per heavy atom. The number of benzene rings is 1. The number of ketones is 1. The molecule has 1 aliphatic carbocycles. The number of rotatable bonds is 7. The third kappa shape index (κ3) is 4.29. The van der Waals surface area contributed by atoms with Crippen LogP contribution in [0.1, 0.15) is 31.2 Å². The monoisotopic (exact) mass is 446 g/mol. The minimum atomic E-state index is -0.316. The standard InChI is InChI=1S/C24H23ClN6O/c25-18-4-8-21(27-13-18)22-14-31(30-29-22)20-6-1-15(2-7-20)9-16(12-26)10-23(32)24-17-3-5-19(11-17)28-24/h1-2,4,6-8,13-14,16-17,19,24,28H,3,5,9-11H2/t16-,17+,19-,24+/m1/s1. The minimum Gasteiger partial charge on any atom is -0.304 e. The molecule has 0 radical (unpaired) electrons. The summed E-state index contributed by atoms with van der Waals surface area (Å²) in [5.41, 5.74) is 3.23. The molecule has 162 valence electrons. The molecule has 1 aliphatic heterocycles. The van der Waals surface area contributed by atoms with E-state index in [1.54, 1.807) is 23.0 Å². The van der Waals surface area contributed by atoms with E-state index in [1.807, 2.05) is 30.5 Å². The zero-order valence-corrected chi connectivity index (χ0v) is 18.2. The Labute approximate surface area is 191 Å². The van der Waals surface area contributed by atoms with Crippen LogP contribution in [0, 0.1) is 23.2 Å². The maximum absolute atomic E-state index is 12.7. The van der Waals surface area contributed by atoms with Crippen molar-refractivity contribution < 1.29 is 4.79 Å². The molecule has 0 spiro atoms. The van der Waals surface area contributed by atoms with Gasteiger partial charge in [-0.05, 0) is 61.4 Å². The number of Topliss-reactive ketones (excluding diaryl/α,β-unsaturated/α-hetero) is 1. The number of carbonyl (C=O) groups excluding carboxylic acids is 1. The van der Waals surface area contributed by atoms with Crippen molar-refractivity contribution in [2.24, 2.45) is 11.8 Å². The second-order valence-electron chi connectivity index (χ2n) is 8.69. The van der Waals surface area contributed by atoms with Crippen LogP contribution in [0.15, 0.2) is 48.8 Å². The van der Waals surface area contributed by atoms with Gasteiger partial charge in [0.05, 0.1) is 40.6 Å². The van der Waals surface area contributed by atoms with E-state index < -0.39 is 0 Å². The van der Waals surface area contributed by atoms with Crippen LogP contribution in [0.4, 0.5) is 0 Å². The summed E-state index contributed by atoms with van der Waals surface area (Å²) >= 11 is 5.89. The van der Waals surface area contributed by atoms with Crippen LogP contribution in [-0.2, 0) is 11.2 Å². The Kier molecular flexibility index (Phi) is 5.73. The first-order chi connectivity index (χ1) is 15.6. The van der Waals surface area contributed by atoms with E-state index in [9.17, 15) is 10.1 Å². The number of carbonyl (C=O) groups is 1. The van der Waals surface area contributed by atoms with Crippen molar-refractivity contribution in [3.8, 4) is 23.1 Å². The number of pyridine rings is 1. The quantitative estimate of drug-likeness (QED) is 0.593. The zero-order valence-electron chi connectivity index (χ0n) is 17.5. The van der Waals surface area contributed by atoms with E-state index >= 15 is 0 Å². The molecule has 7 nitrogen and oxygen atoms in total. The number of nitrogens with zero attached hydrogens (tertiary/aromatic N) is 5. The number of hydrogen-bond donors (Lipinski definition) is 1. The van der Waals surface area contributed by atoms with Gasteiger partial charge in [0.25, 0.3) is 0 Å². The first-order valence-electron chi connectivity index (χ1n) is 10.9. The molecule has 1 aromatic carbocycles. The molecular weight excluding hydrogens is 424 g/mol. The van der Waals surface area contributed by atoms with E-state index in [4.69, 9.17) is 11.6 Å². The number of fused-ring (bicyclic) bond motifs is 2. The van der Waals surface area contributed by atoms with E-state index in [1.165, 1.54) is 6.42 Å². The summed E-state index contributed by atoms with van der Waals surface area (Å²) in [6.45, 7) is 0. The van der Waals surface area contributed by atoms with Crippen molar-refractivity contribution in [2.45, 2.75) is 44.2 Å². The predicted octanol–water partition coefficient (Wildman–Crippen LogP) is 3.76. The number of halogens is 1. The summed E-state index contributed by atoms with van der Waals surface area (Å²) in [5, 5.41) is 22.0. The third-order valence-corrected chi connectivity index (χ3v) is 6.73. The Hall–Kier alpha value is -3.08. The number of piperidine rings is 1. The lowest BCUT2D eigenvalue weighted by molar-refractivity contribution is -0.122. The molecule has 1 saturated carbocycles. The molecule has 32 heavy (non-hydrogen) atoms. The van der Waals surface area contributed by atoms with Crippen molar-refractivity contribution in [3.63, 3.8) is 0 Å². The smallest absolute Gasteiger partial charge is 0.151 e. The van der Waals surface area contributed by atoms with Gasteiger partial charge in [-0.15, -0.1) is 5.10 Å². The Morgan fingerprint density at radius 1 is 1.22 bits per heavy atom. The second kappa shape index (κ2) is 8.81. The van der Waals surface area contributed by atoms with Gasteiger partial charge in [0.2, 0.25) is 0 Å². The van der Waals surface area contributed by atoms with Crippen LogP contribution >= 0.6 is 11.6 Å². The summed E-state index contributed by atoms with van der Waals surface area (Å²) in [6.07, 6.45) is 7.66. The summed E-state index contributed by atoms with van der Waals surface area (Å²) in [4.78, 5) is 17.0. The predicted molar refractivity (Wildman–Crippen MR) is 120 cm³/mol. The fourth-order valence-electron chi connectivity index (χ4n) is 4.85. The number of nitriles is 1. The van der Waals surface area contributed by atoms with Crippen molar-refractivity contribution in [1.82, 2.24) is 25.3 Å². The largest absolute Gasteiger partial charge is 0.304 e. The van der Waals surface area contributed by atoms with Gasteiger partial charge in [-0.3, -0.25) is 9.78 Å². The lowest BCUT2D eigenvalue weighted by Crippen LogP contribution is -2.42. The normalized spacial score (nSPS) is 22.6. The first-order valence-corrected chi connectivity index (χ1v) is 11.3. The van der Waals surface area contributed by atoms with Crippen molar-refractivity contribution in [1.29, 1.82) is 5.26 Å². The highest BCUT2D eigenvalue weighted by atomic mass is 35.5. The van der Waals surface area contributed by atoms with Crippen LogP contribution in [0.25, 0.3) is 17.1 Å². The molecule has 5 rings (SSSR count). The molecule has 1 saturated heterocycles. The Morgan fingerprint density at radius 2 is 2.06 bits per heavy atom. The van der Waals surface area contributed by atoms with Crippen LogP contribution < -0.4 is 5.32 Å². The average molecular weight is 447 g/mol. The van der Waals surface area contributed by atoms with Crippen molar-refractivity contribution in [3.05, 3.63) is 59.4 Å². The van der Waals surface area contributed by atoms with Crippen molar-refractivity contribution >= 4 is 17.4 Å². The second-order valence-corrected chi connectivity index (χ2v) is 9.13. The SMILES string of the molecule is N#C[C@@H](CC(=O)[C@H]1N[C@@H]2CC[C@H]1C2)Cc1ccc(-n2cc(-c3ccc(Cl)cn3)nn2)cc1. The molecular formula is C24H23ClN6O. The highest BCUT2D eigenvalue weighted by Crippen LogP contribution is 2.36. The molecule has 3 heterocycles.